The Balaban J connectivity index is 1.82. The average molecular weight is 313 g/mol. The minimum absolute atomic E-state index is 0.0943. The van der Waals surface area contributed by atoms with Crippen LogP contribution in [0.1, 0.15) is 16.5 Å². The average Bonchev–Trinajstić information content (AvgIpc) is 2.94. The number of aliphatic hydroxyl groups is 1. The first-order valence-corrected chi connectivity index (χ1v) is 7.80. The second-order valence-electron chi connectivity index (χ2n) is 4.27. The van der Waals surface area contributed by atoms with Crippen molar-refractivity contribution in [1.82, 2.24) is 0 Å². The number of benzene rings is 1. The van der Waals surface area contributed by atoms with Crippen LogP contribution in [0, 0.1) is 5.82 Å². The molecule has 1 unspecified atom stereocenters. The minimum atomic E-state index is -0.578. The molecule has 3 aromatic rings. The Labute approximate surface area is 122 Å². The van der Waals surface area contributed by atoms with E-state index in [9.17, 15) is 9.50 Å². The van der Waals surface area contributed by atoms with Gasteiger partial charge in [0.2, 0.25) is 0 Å². The number of aliphatic hydroxyl groups excluding tert-OH is 1. The fourth-order valence-corrected chi connectivity index (χ4v) is 4.25. The molecule has 0 bridgehead atoms. The number of hydrogen-bond acceptors (Lipinski definition) is 3. The molecule has 5 heteroatoms. The van der Waals surface area contributed by atoms with Crippen LogP contribution in [0.2, 0.25) is 5.02 Å². The Morgan fingerprint density at radius 1 is 1.21 bits per heavy atom. The van der Waals surface area contributed by atoms with Crippen molar-refractivity contribution in [3.8, 4) is 0 Å². The molecule has 0 aliphatic heterocycles. The van der Waals surface area contributed by atoms with E-state index in [-0.39, 0.29) is 5.02 Å². The highest BCUT2D eigenvalue weighted by Crippen LogP contribution is 2.34. The van der Waals surface area contributed by atoms with Crippen molar-refractivity contribution < 1.29 is 9.50 Å². The van der Waals surface area contributed by atoms with Crippen molar-refractivity contribution in [3.05, 3.63) is 57.0 Å². The van der Waals surface area contributed by atoms with Crippen LogP contribution >= 0.6 is 34.3 Å². The molecule has 1 aromatic carbocycles. The highest BCUT2D eigenvalue weighted by atomic mass is 35.5. The second-order valence-corrected chi connectivity index (χ2v) is 6.74. The van der Waals surface area contributed by atoms with Gasteiger partial charge in [-0.25, -0.2) is 4.39 Å². The standard InChI is InChI=1S/C14H10ClFOS2/c15-9-5-8(1-2-10(9)16)6-11(17)13-7-14-12(19-13)3-4-18-14/h1-5,7,11,17H,6H2. The van der Waals surface area contributed by atoms with E-state index in [1.807, 2.05) is 11.4 Å². The summed E-state index contributed by atoms with van der Waals surface area (Å²) in [5, 5.41) is 12.4. The summed E-state index contributed by atoms with van der Waals surface area (Å²) < 4.78 is 15.4. The van der Waals surface area contributed by atoms with Crippen LogP contribution in [-0.2, 0) is 6.42 Å². The molecule has 0 spiro atoms. The summed E-state index contributed by atoms with van der Waals surface area (Å²) in [6.45, 7) is 0. The first kappa shape index (κ1) is 13.1. The summed E-state index contributed by atoms with van der Waals surface area (Å²) >= 11 is 8.99. The third-order valence-corrected chi connectivity index (χ3v) is 5.38. The van der Waals surface area contributed by atoms with Crippen molar-refractivity contribution in [2.45, 2.75) is 12.5 Å². The molecule has 19 heavy (non-hydrogen) atoms. The van der Waals surface area contributed by atoms with Gasteiger partial charge in [-0.15, -0.1) is 22.7 Å². The van der Waals surface area contributed by atoms with Crippen molar-refractivity contribution in [3.63, 3.8) is 0 Å². The maximum atomic E-state index is 13.1. The molecule has 0 amide bonds. The molecular weight excluding hydrogens is 303 g/mol. The molecule has 1 N–H and O–H groups in total. The van der Waals surface area contributed by atoms with Gasteiger partial charge in [0.05, 0.1) is 11.1 Å². The molecule has 1 nitrogen and oxygen atoms in total. The van der Waals surface area contributed by atoms with Crippen molar-refractivity contribution in [1.29, 1.82) is 0 Å². The normalized spacial score (nSPS) is 13.0. The molecule has 98 valence electrons. The van der Waals surface area contributed by atoms with Gasteiger partial charge in [-0.05, 0) is 35.2 Å². The Morgan fingerprint density at radius 3 is 2.79 bits per heavy atom. The zero-order valence-corrected chi connectivity index (χ0v) is 12.2. The van der Waals surface area contributed by atoms with Crippen LogP contribution in [0.5, 0.6) is 0 Å². The predicted octanol–water partition coefficient (Wildman–Crippen LogP) is 5.03. The van der Waals surface area contributed by atoms with Gasteiger partial charge in [0, 0.05) is 20.7 Å². The highest BCUT2D eigenvalue weighted by Gasteiger charge is 2.13. The summed E-state index contributed by atoms with van der Waals surface area (Å²) in [5.41, 5.74) is 0.829. The van der Waals surface area contributed by atoms with Gasteiger partial charge in [0.25, 0.3) is 0 Å². The fraction of sp³-hybridized carbons (Fsp3) is 0.143. The summed E-state index contributed by atoms with van der Waals surface area (Å²) in [6, 6.07) is 8.62. The van der Waals surface area contributed by atoms with Crippen molar-refractivity contribution in [2.75, 3.05) is 0 Å². The Morgan fingerprint density at radius 2 is 2.05 bits per heavy atom. The lowest BCUT2D eigenvalue weighted by molar-refractivity contribution is 0.182. The van der Waals surface area contributed by atoms with Crippen molar-refractivity contribution >= 4 is 43.7 Å². The third kappa shape index (κ3) is 2.67. The smallest absolute Gasteiger partial charge is 0.141 e. The molecular formula is C14H10ClFOS2. The Kier molecular flexibility index (Phi) is 3.58. The lowest BCUT2D eigenvalue weighted by atomic mass is 10.1. The maximum Gasteiger partial charge on any atom is 0.141 e. The van der Waals surface area contributed by atoms with Crippen LogP contribution in [0.15, 0.2) is 35.7 Å². The summed E-state index contributed by atoms with van der Waals surface area (Å²) in [4.78, 5) is 0.933. The number of fused-ring (bicyclic) bond motifs is 1. The minimum Gasteiger partial charge on any atom is -0.387 e. The van der Waals surface area contributed by atoms with Crippen LogP contribution in [0.3, 0.4) is 0 Å². The quantitative estimate of drug-likeness (QED) is 0.719. The topological polar surface area (TPSA) is 20.2 Å². The summed E-state index contributed by atoms with van der Waals surface area (Å²) in [5.74, 6) is -0.434. The zero-order valence-electron chi connectivity index (χ0n) is 9.77. The molecule has 2 heterocycles. The summed E-state index contributed by atoms with van der Waals surface area (Å²) in [7, 11) is 0. The molecule has 0 fully saturated rings. The van der Waals surface area contributed by atoms with Gasteiger partial charge in [0.15, 0.2) is 0 Å². The Hall–Kier alpha value is -0.940. The van der Waals surface area contributed by atoms with Crippen LogP contribution in [0.4, 0.5) is 4.39 Å². The van der Waals surface area contributed by atoms with Gasteiger partial charge < -0.3 is 5.11 Å². The van der Waals surface area contributed by atoms with E-state index in [1.54, 1.807) is 34.8 Å². The van der Waals surface area contributed by atoms with Gasteiger partial charge in [-0.1, -0.05) is 17.7 Å². The predicted molar refractivity (Wildman–Crippen MR) is 79.8 cm³/mol. The van der Waals surface area contributed by atoms with E-state index in [2.05, 4.69) is 6.07 Å². The monoisotopic (exact) mass is 312 g/mol. The van der Waals surface area contributed by atoms with Gasteiger partial charge in [-0.2, -0.15) is 0 Å². The van der Waals surface area contributed by atoms with Crippen molar-refractivity contribution in [2.24, 2.45) is 0 Å². The molecule has 0 aliphatic carbocycles. The molecule has 1 atom stereocenters. The number of halogens is 2. The first-order valence-electron chi connectivity index (χ1n) is 5.72. The highest BCUT2D eigenvalue weighted by molar-refractivity contribution is 7.26. The lowest BCUT2D eigenvalue weighted by Crippen LogP contribution is -1.99. The first-order chi connectivity index (χ1) is 9.13. The van der Waals surface area contributed by atoms with E-state index < -0.39 is 11.9 Å². The van der Waals surface area contributed by atoms with Gasteiger partial charge in [0.1, 0.15) is 5.82 Å². The Bertz CT molecular complexity index is 691. The number of thiophene rings is 2. The number of hydrogen-bond donors (Lipinski definition) is 1. The lowest BCUT2D eigenvalue weighted by Gasteiger charge is -2.09. The molecule has 3 rings (SSSR count). The summed E-state index contributed by atoms with van der Waals surface area (Å²) in [6.07, 6.45) is -0.139. The molecule has 0 saturated carbocycles. The SMILES string of the molecule is OC(Cc1ccc(F)c(Cl)c1)c1cc2sccc2s1. The fourth-order valence-electron chi connectivity index (χ4n) is 1.94. The van der Waals surface area contributed by atoms with E-state index in [0.717, 1.165) is 10.4 Å². The van der Waals surface area contributed by atoms with E-state index in [0.29, 0.717) is 6.42 Å². The van der Waals surface area contributed by atoms with Crippen LogP contribution < -0.4 is 0 Å². The zero-order chi connectivity index (χ0) is 13.4. The number of rotatable bonds is 3. The maximum absolute atomic E-state index is 13.1. The molecule has 0 radical (unpaired) electrons. The van der Waals surface area contributed by atoms with Gasteiger partial charge >= 0.3 is 0 Å². The van der Waals surface area contributed by atoms with E-state index in [1.165, 1.54) is 15.5 Å². The van der Waals surface area contributed by atoms with E-state index >= 15 is 0 Å². The van der Waals surface area contributed by atoms with E-state index in [4.69, 9.17) is 11.6 Å². The van der Waals surface area contributed by atoms with Crippen LogP contribution in [-0.4, -0.2) is 5.11 Å². The largest absolute Gasteiger partial charge is 0.387 e. The molecule has 2 aromatic heterocycles. The third-order valence-electron chi connectivity index (χ3n) is 2.90. The second kappa shape index (κ2) is 5.21. The molecule has 0 saturated heterocycles. The molecule has 0 aliphatic rings. The van der Waals surface area contributed by atoms with Crippen LogP contribution in [0.25, 0.3) is 9.40 Å². The van der Waals surface area contributed by atoms with Gasteiger partial charge in [-0.3, -0.25) is 0 Å².